The van der Waals surface area contributed by atoms with E-state index in [0.29, 0.717) is 5.02 Å². The van der Waals surface area contributed by atoms with E-state index < -0.39 is 42.7 Å². The Bertz CT molecular complexity index is 918. The van der Waals surface area contributed by atoms with Gasteiger partial charge in [-0.2, -0.15) is 13.2 Å². The van der Waals surface area contributed by atoms with Crippen LogP contribution in [0.15, 0.2) is 42.5 Å². The van der Waals surface area contributed by atoms with E-state index in [1.807, 2.05) is 0 Å². The van der Waals surface area contributed by atoms with Crippen molar-refractivity contribution in [1.29, 1.82) is 0 Å². The minimum atomic E-state index is -4.52. The molecule has 0 spiro atoms. The third kappa shape index (κ3) is 6.95. The standard InChI is InChI=1S/C18H13Cl2F3N2O4/c19-12-5-6-13(20)14(7-12)25-15(26)9-29-16(27)8-24-17(28)10-1-3-11(4-2-10)18(21,22)23/h1-7H,8-9H2,(H,24,28)(H,25,26). The number of carbonyl (C=O) groups is 3. The highest BCUT2D eigenvalue weighted by Gasteiger charge is 2.30. The zero-order valence-corrected chi connectivity index (χ0v) is 16.0. The summed E-state index contributed by atoms with van der Waals surface area (Å²) in [5.41, 5.74) is -0.741. The highest BCUT2D eigenvalue weighted by Crippen LogP contribution is 2.29. The Balaban J connectivity index is 1.78. The van der Waals surface area contributed by atoms with Crippen LogP contribution < -0.4 is 10.6 Å². The van der Waals surface area contributed by atoms with E-state index in [0.717, 1.165) is 24.3 Å². The van der Waals surface area contributed by atoms with Crippen LogP contribution in [-0.4, -0.2) is 30.9 Å². The fourth-order valence-electron chi connectivity index (χ4n) is 2.04. The highest BCUT2D eigenvalue weighted by atomic mass is 35.5. The van der Waals surface area contributed by atoms with Crippen LogP contribution in [0.25, 0.3) is 0 Å². The number of nitrogens with one attached hydrogen (secondary N) is 2. The second-order valence-electron chi connectivity index (χ2n) is 5.59. The predicted molar refractivity (Wildman–Crippen MR) is 99.8 cm³/mol. The number of ether oxygens (including phenoxy) is 1. The van der Waals surface area contributed by atoms with E-state index >= 15 is 0 Å². The summed E-state index contributed by atoms with van der Waals surface area (Å²) in [5.74, 6) is -2.37. The summed E-state index contributed by atoms with van der Waals surface area (Å²) in [6, 6.07) is 7.86. The summed E-state index contributed by atoms with van der Waals surface area (Å²) in [4.78, 5) is 35.3. The quantitative estimate of drug-likeness (QED) is 0.655. The number of carbonyl (C=O) groups excluding carboxylic acids is 3. The predicted octanol–water partition coefficient (Wildman–Crippen LogP) is 3.92. The average Bonchev–Trinajstić information content (AvgIpc) is 2.66. The summed E-state index contributed by atoms with van der Waals surface area (Å²) in [5, 5.41) is 5.16. The number of anilines is 1. The van der Waals surface area contributed by atoms with Gasteiger partial charge >= 0.3 is 12.1 Å². The molecule has 0 bridgehead atoms. The maximum absolute atomic E-state index is 12.5. The van der Waals surface area contributed by atoms with Gasteiger partial charge in [0.2, 0.25) is 0 Å². The van der Waals surface area contributed by atoms with Crippen LogP contribution in [0.5, 0.6) is 0 Å². The third-order valence-electron chi connectivity index (χ3n) is 3.43. The van der Waals surface area contributed by atoms with Crippen LogP contribution in [0.3, 0.4) is 0 Å². The van der Waals surface area contributed by atoms with Crippen LogP contribution in [-0.2, 0) is 20.5 Å². The number of hydrogen-bond donors (Lipinski definition) is 2. The Hall–Kier alpha value is -2.78. The van der Waals surface area contributed by atoms with E-state index in [-0.39, 0.29) is 16.3 Å². The summed E-state index contributed by atoms with van der Waals surface area (Å²) < 4.78 is 42.2. The summed E-state index contributed by atoms with van der Waals surface area (Å²) in [7, 11) is 0. The number of halogens is 5. The SMILES string of the molecule is O=C(COC(=O)CNC(=O)c1ccc(C(F)(F)F)cc1)Nc1cc(Cl)ccc1Cl. The van der Waals surface area contributed by atoms with Crippen molar-refractivity contribution in [3.05, 3.63) is 63.6 Å². The number of hydrogen-bond acceptors (Lipinski definition) is 4. The molecule has 6 nitrogen and oxygen atoms in total. The Morgan fingerprint density at radius 1 is 1.00 bits per heavy atom. The lowest BCUT2D eigenvalue weighted by atomic mass is 10.1. The van der Waals surface area contributed by atoms with Crippen molar-refractivity contribution >= 4 is 46.7 Å². The molecule has 29 heavy (non-hydrogen) atoms. The molecule has 0 heterocycles. The first-order valence-corrected chi connectivity index (χ1v) is 8.68. The molecule has 0 atom stereocenters. The number of alkyl halides is 3. The molecule has 154 valence electrons. The maximum atomic E-state index is 12.5. The van der Waals surface area contributed by atoms with Gasteiger partial charge in [0.25, 0.3) is 11.8 Å². The molecule has 0 saturated heterocycles. The van der Waals surface area contributed by atoms with Crippen LogP contribution in [0, 0.1) is 0 Å². The molecule has 2 aromatic carbocycles. The molecule has 0 unspecified atom stereocenters. The van der Waals surface area contributed by atoms with E-state index in [2.05, 4.69) is 10.6 Å². The van der Waals surface area contributed by atoms with E-state index in [1.165, 1.54) is 18.2 Å². The Kier molecular flexibility index (Phi) is 7.46. The van der Waals surface area contributed by atoms with Crippen molar-refractivity contribution in [2.45, 2.75) is 6.18 Å². The lowest BCUT2D eigenvalue weighted by Gasteiger charge is -2.09. The molecule has 0 aliphatic rings. The van der Waals surface area contributed by atoms with Gasteiger partial charge in [0.05, 0.1) is 16.3 Å². The van der Waals surface area contributed by atoms with Crippen molar-refractivity contribution in [3.63, 3.8) is 0 Å². The summed E-state index contributed by atoms with van der Waals surface area (Å²) in [6.45, 7) is -1.22. The van der Waals surface area contributed by atoms with Crippen LogP contribution >= 0.6 is 23.2 Å². The molecule has 0 aliphatic carbocycles. The zero-order valence-electron chi connectivity index (χ0n) is 14.5. The fraction of sp³-hybridized carbons (Fsp3) is 0.167. The zero-order chi connectivity index (χ0) is 21.6. The Morgan fingerprint density at radius 2 is 1.66 bits per heavy atom. The van der Waals surface area contributed by atoms with E-state index in [9.17, 15) is 27.6 Å². The maximum Gasteiger partial charge on any atom is 0.416 e. The van der Waals surface area contributed by atoms with Gasteiger partial charge in [0, 0.05) is 10.6 Å². The molecule has 0 aromatic heterocycles. The van der Waals surface area contributed by atoms with Gasteiger partial charge in [0.1, 0.15) is 6.54 Å². The normalized spacial score (nSPS) is 10.9. The van der Waals surface area contributed by atoms with Crippen molar-refractivity contribution < 1.29 is 32.3 Å². The molecular weight excluding hydrogens is 436 g/mol. The van der Waals surface area contributed by atoms with Crippen molar-refractivity contribution in [3.8, 4) is 0 Å². The fourth-order valence-corrected chi connectivity index (χ4v) is 2.38. The molecule has 0 aliphatic heterocycles. The van der Waals surface area contributed by atoms with Crippen LogP contribution in [0.2, 0.25) is 10.0 Å². The first-order valence-electron chi connectivity index (χ1n) is 7.92. The van der Waals surface area contributed by atoms with E-state index in [4.69, 9.17) is 27.9 Å². The lowest BCUT2D eigenvalue weighted by molar-refractivity contribution is -0.146. The third-order valence-corrected chi connectivity index (χ3v) is 4.00. The number of amides is 2. The minimum absolute atomic E-state index is 0.0702. The van der Waals surface area contributed by atoms with Gasteiger partial charge in [-0.1, -0.05) is 23.2 Å². The topological polar surface area (TPSA) is 84.5 Å². The van der Waals surface area contributed by atoms with Gasteiger partial charge in [-0.15, -0.1) is 0 Å². The minimum Gasteiger partial charge on any atom is -0.454 e. The molecule has 2 amide bonds. The average molecular weight is 449 g/mol. The van der Waals surface area contributed by atoms with Crippen molar-refractivity contribution in [2.75, 3.05) is 18.5 Å². The van der Waals surface area contributed by atoms with Crippen molar-refractivity contribution in [2.24, 2.45) is 0 Å². The number of esters is 1. The van der Waals surface area contributed by atoms with Gasteiger partial charge in [-0.3, -0.25) is 14.4 Å². The van der Waals surface area contributed by atoms with Crippen LogP contribution in [0.1, 0.15) is 15.9 Å². The second kappa shape index (κ2) is 9.62. The Morgan fingerprint density at radius 3 is 2.28 bits per heavy atom. The second-order valence-corrected chi connectivity index (χ2v) is 6.43. The molecule has 0 saturated carbocycles. The smallest absolute Gasteiger partial charge is 0.416 e. The molecule has 0 radical (unpaired) electrons. The molecule has 2 rings (SSSR count). The molecule has 2 N–H and O–H groups in total. The molecule has 11 heteroatoms. The van der Waals surface area contributed by atoms with Gasteiger partial charge in [0.15, 0.2) is 6.61 Å². The summed E-state index contributed by atoms with van der Waals surface area (Å²) in [6.07, 6.45) is -4.52. The van der Waals surface area contributed by atoms with Crippen molar-refractivity contribution in [1.82, 2.24) is 5.32 Å². The number of rotatable bonds is 6. The molecule has 2 aromatic rings. The summed E-state index contributed by atoms with van der Waals surface area (Å²) >= 11 is 11.7. The monoisotopic (exact) mass is 448 g/mol. The largest absolute Gasteiger partial charge is 0.454 e. The van der Waals surface area contributed by atoms with Gasteiger partial charge < -0.3 is 15.4 Å². The first kappa shape index (κ1) is 22.5. The molecular formula is C18H13Cl2F3N2O4. The number of benzene rings is 2. The van der Waals surface area contributed by atoms with Crippen LogP contribution in [0.4, 0.5) is 18.9 Å². The molecule has 0 fully saturated rings. The highest BCUT2D eigenvalue weighted by molar-refractivity contribution is 6.35. The van der Waals surface area contributed by atoms with Gasteiger partial charge in [-0.25, -0.2) is 0 Å². The first-order chi connectivity index (χ1) is 13.6. The van der Waals surface area contributed by atoms with Gasteiger partial charge in [-0.05, 0) is 42.5 Å². The Labute approximate surface area is 172 Å². The van der Waals surface area contributed by atoms with E-state index in [1.54, 1.807) is 0 Å². The lowest BCUT2D eigenvalue weighted by Crippen LogP contribution is -2.32.